The second kappa shape index (κ2) is 2.09. The van der Waals surface area contributed by atoms with Crippen molar-refractivity contribution in [2.75, 3.05) is 6.66 Å². The summed E-state index contributed by atoms with van der Waals surface area (Å²) in [6.07, 6.45) is 0. The standard InChI is InChI=1S/C4H12PSi/c1-5-6(2,3)4/h1-4H3. The Kier molecular flexibility index (Phi) is 2.31. The molecular formula is C4H12PSi. The van der Waals surface area contributed by atoms with E-state index in [1.165, 1.54) is 0 Å². The van der Waals surface area contributed by atoms with Crippen LogP contribution in [0.3, 0.4) is 0 Å². The molecule has 1 radical (unpaired) electrons. The summed E-state index contributed by atoms with van der Waals surface area (Å²) in [4.78, 5) is 0. The van der Waals surface area contributed by atoms with Crippen LogP contribution in [0.5, 0.6) is 0 Å². The van der Waals surface area contributed by atoms with E-state index in [0.29, 0.717) is 0 Å². The van der Waals surface area contributed by atoms with Crippen molar-refractivity contribution < 1.29 is 0 Å². The average molecular weight is 119 g/mol. The zero-order valence-corrected chi connectivity index (χ0v) is 6.84. The highest BCUT2D eigenvalue weighted by molar-refractivity contribution is 7.80. The summed E-state index contributed by atoms with van der Waals surface area (Å²) in [6.45, 7) is 9.35. The fourth-order valence-corrected chi connectivity index (χ4v) is 0. The highest BCUT2D eigenvalue weighted by Gasteiger charge is 2.07. The first-order valence-corrected chi connectivity index (χ1v) is 7.85. The molecule has 0 saturated heterocycles. The lowest BCUT2D eigenvalue weighted by Crippen LogP contribution is -2.09. The van der Waals surface area contributed by atoms with Crippen LogP contribution < -0.4 is 0 Å². The SMILES string of the molecule is C[P][Si](C)(C)C. The van der Waals surface area contributed by atoms with Crippen LogP contribution in [0.15, 0.2) is 0 Å². The maximum atomic E-state index is 2.37. The van der Waals surface area contributed by atoms with E-state index in [1.807, 2.05) is 0 Å². The van der Waals surface area contributed by atoms with Crippen molar-refractivity contribution in [1.82, 2.24) is 0 Å². The fraction of sp³-hybridized carbons (Fsp3) is 1.00. The van der Waals surface area contributed by atoms with Gasteiger partial charge in [0, 0.05) is 0 Å². The molecule has 2 heteroatoms. The molecule has 0 aliphatic rings. The van der Waals surface area contributed by atoms with E-state index < -0.39 is 7.74 Å². The first kappa shape index (κ1) is 6.65. The predicted octanol–water partition coefficient (Wildman–Crippen LogP) is 2.40. The summed E-state index contributed by atoms with van der Waals surface area (Å²) >= 11 is 0. The molecule has 0 aromatic heterocycles. The summed E-state index contributed by atoms with van der Waals surface area (Å²) in [7, 11) is 0.954. The van der Waals surface area contributed by atoms with Gasteiger partial charge in [-0.1, -0.05) is 19.6 Å². The Labute approximate surface area is 43.0 Å². The maximum Gasteiger partial charge on any atom is 0.0763 e. The Bertz CT molecular complexity index is 37.3. The van der Waals surface area contributed by atoms with Gasteiger partial charge in [0.15, 0.2) is 0 Å². The van der Waals surface area contributed by atoms with Crippen molar-refractivity contribution in [2.45, 2.75) is 19.6 Å². The van der Waals surface area contributed by atoms with E-state index in [1.54, 1.807) is 8.13 Å². The molecule has 0 saturated carbocycles. The minimum absolute atomic E-state index is 0.659. The quantitative estimate of drug-likeness (QED) is 0.367. The lowest BCUT2D eigenvalue weighted by Gasteiger charge is -2.08. The molecule has 0 bridgehead atoms. The number of rotatable bonds is 1. The van der Waals surface area contributed by atoms with E-state index in [9.17, 15) is 0 Å². The van der Waals surface area contributed by atoms with Gasteiger partial charge in [0.2, 0.25) is 0 Å². The van der Waals surface area contributed by atoms with Gasteiger partial charge in [0.05, 0.1) is 7.74 Å². The van der Waals surface area contributed by atoms with E-state index in [-0.39, 0.29) is 0 Å². The number of hydrogen-bond acceptors (Lipinski definition) is 0. The Hall–Kier alpha value is 0.647. The van der Waals surface area contributed by atoms with Gasteiger partial charge in [0.25, 0.3) is 0 Å². The van der Waals surface area contributed by atoms with Crippen LogP contribution in [0, 0.1) is 0 Å². The minimum atomic E-state index is -0.659. The molecule has 0 unspecified atom stereocenters. The van der Waals surface area contributed by atoms with E-state index in [4.69, 9.17) is 0 Å². The van der Waals surface area contributed by atoms with Crippen LogP contribution in [-0.2, 0) is 0 Å². The minimum Gasteiger partial charge on any atom is -0.101 e. The predicted molar refractivity (Wildman–Crippen MR) is 36.2 cm³/mol. The van der Waals surface area contributed by atoms with Crippen LogP contribution in [0.4, 0.5) is 0 Å². The normalized spacial score (nSPS) is 14.0. The molecule has 0 amide bonds. The van der Waals surface area contributed by atoms with Crippen molar-refractivity contribution in [1.29, 1.82) is 0 Å². The highest BCUT2D eigenvalue weighted by Crippen LogP contribution is 2.21. The van der Waals surface area contributed by atoms with Crippen molar-refractivity contribution in [3.05, 3.63) is 0 Å². The second-order valence-electron chi connectivity index (χ2n) is 2.39. The molecule has 6 heavy (non-hydrogen) atoms. The summed E-state index contributed by atoms with van der Waals surface area (Å²) < 4.78 is 0. The van der Waals surface area contributed by atoms with Crippen LogP contribution in [0.2, 0.25) is 19.6 Å². The van der Waals surface area contributed by atoms with Crippen molar-refractivity contribution in [3.8, 4) is 0 Å². The van der Waals surface area contributed by atoms with Gasteiger partial charge >= 0.3 is 0 Å². The summed E-state index contributed by atoms with van der Waals surface area (Å²) in [5.41, 5.74) is 0. The van der Waals surface area contributed by atoms with Crippen molar-refractivity contribution in [3.63, 3.8) is 0 Å². The average Bonchev–Trinajstić information content (AvgIpc) is 1.35. The lowest BCUT2D eigenvalue weighted by atomic mass is 11.8. The smallest absolute Gasteiger partial charge is 0.0763 e. The maximum absolute atomic E-state index is 2.37. The van der Waals surface area contributed by atoms with Gasteiger partial charge in [-0.15, -0.1) is 8.13 Å². The van der Waals surface area contributed by atoms with Gasteiger partial charge in [0.1, 0.15) is 0 Å². The molecule has 0 heterocycles. The van der Waals surface area contributed by atoms with Crippen molar-refractivity contribution in [2.24, 2.45) is 0 Å². The Morgan fingerprint density at radius 3 is 1.33 bits per heavy atom. The Morgan fingerprint density at radius 1 is 1.17 bits per heavy atom. The topological polar surface area (TPSA) is 0 Å². The molecule has 0 atom stereocenters. The van der Waals surface area contributed by atoms with Crippen molar-refractivity contribution >= 4 is 15.9 Å². The summed E-state index contributed by atoms with van der Waals surface area (Å²) in [5, 5.41) is 0. The number of hydrogen-bond donors (Lipinski definition) is 0. The lowest BCUT2D eigenvalue weighted by molar-refractivity contribution is 1.87. The summed E-state index contributed by atoms with van der Waals surface area (Å²) in [5.74, 6) is 0. The third-order valence-corrected chi connectivity index (χ3v) is 6.04. The van der Waals surface area contributed by atoms with Gasteiger partial charge in [-0.05, 0) is 6.66 Å². The monoisotopic (exact) mass is 119 g/mol. The van der Waals surface area contributed by atoms with Gasteiger partial charge in [-0.3, -0.25) is 0 Å². The van der Waals surface area contributed by atoms with Gasteiger partial charge in [-0.25, -0.2) is 0 Å². The van der Waals surface area contributed by atoms with Crippen LogP contribution in [0.1, 0.15) is 0 Å². The fourth-order valence-electron chi connectivity index (χ4n) is 0. The zero-order valence-electron chi connectivity index (χ0n) is 4.95. The van der Waals surface area contributed by atoms with E-state index >= 15 is 0 Å². The highest BCUT2D eigenvalue weighted by atomic mass is 31.3. The van der Waals surface area contributed by atoms with Gasteiger partial charge in [-0.2, -0.15) is 0 Å². The third kappa shape index (κ3) is 4.65. The van der Waals surface area contributed by atoms with Crippen LogP contribution >= 0.6 is 8.13 Å². The van der Waals surface area contributed by atoms with E-state index in [0.717, 1.165) is 0 Å². The molecule has 0 N–H and O–H groups in total. The largest absolute Gasteiger partial charge is 0.101 e. The molecule has 37 valence electrons. The Balaban J connectivity index is 3.17. The zero-order chi connectivity index (χ0) is 5.21. The first-order valence-electron chi connectivity index (χ1n) is 2.17. The molecule has 0 aromatic rings. The molecule has 0 rings (SSSR count). The molecule has 0 aromatic carbocycles. The molecule has 0 aliphatic carbocycles. The molecular weight excluding hydrogens is 107 g/mol. The van der Waals surface area contributed by atoms with Crippen LogP contribution in [-0.4, -0.2) is 14.4 Å². The molecule has 0 nitrogen and oxygen atoms in total. The summed E-state index contributed by atoms with van der Waals surface area (Å²) in [6, 6.07) is 0. The third-order valence-electron chi connectivity index (χ3n) is 0.671. The molecule has 0 aliphatic heterocycles. The van der Waals surface area contributed by atoms with Crippen LogP contribution in [0.25, 0.3) is 0 Å². The van der Waals surface area contributed by atoms with E-state index in [2.05, 4.69) is 26.3 Å². The van der Waals surface area contributed by atoms with Gasteiger partial charge < -0.3 is 0 Å². The molecule has 0 spiro atoms. The second-order valence-corrected chi connectivity index (χ2v) is 12.5. The first-order chi connectivity index (χ1) is 2.56. The molecule has 0 fully saturated rings. The Morgan fingerprint density at radius 2 is 1.33 bits per heavy atom.